The Balaban J connectivity index is -0.0000000516. The molecule has 3 aliphatic rings. The standard InChI is InChI=1S/C6H12.C5H10.C3H7NO.6C2H6/c1-2-4-6-5-3-1;1-2-4-5-3-1;1-2-5-3-4-1;6*1-2/h1-6H2;1-5H2;4H,1-3H2;6*1-2H3. The number of rotatable bonds is 0. The zero-order valence-corrected chi connectivity index (χ0v) is 22.8. The van der Waals surface area contributed by atoms with E-state index < -0.39 is 0 Å². The predicted octanol–water partition coefficient (Wildman–Crippen LogP) is 10.0. The molecule has 0 aromatic carbocycles. The maximum atomic E-state index is 4.83. The largest absolute Gasteiger partial charge is 0.365 e. The van der Waals surface area contributed by atoms with Gasteiger partial charge >= 0.3 is 0 Å². The van der Waals surface area contributed by atoms with E-state index in [1.54, 1.807) is 0 Å². The van der Waals surface area contributed by atoms with Crippen LogP contribution in [0.25, 0.3) is 0 Å². The molecule has 3 rings (SSSR count). The van der Waals surface area contributed by atoms with Crippen molar-refractivity contribution >= 4 is 0 Å². The van der Waals surface area contributed by atoms with Crippen LogP contribution < -0.4 is 5.32 Å². The number of nitrogens with one attached hydrogen (secondary N) is 1. The lowest BCUT2D eigenvalue weighted by Crippen LogP contribution is -2.05. The second kappa shape index (κ2) is 71.4. The van der Waals surface area contributed by atoms with E-state index in [0.29, 0.717) is 0 Å². The van der Waals surface area contributed by atoms with Crippen LogP contribution in [0.2, 0.25) is 0 Å². The number of ether oxygens (including phenoxy) is 1. The Hall–Kier alpha value is -0.0800. The lowest BCUT2D eigenvalue weighted by atomic mass is 10.0. The van der Waals surface area contributed by atoms with Crippen LogP contribution in [0.3, 0.4) is 0 Å². The summed E-state index contributed by atoms with van der Waals surface area (Å²) in [6, 6.07) is 0. The molecule has 0 unspecified atom stereocenters. The van der Waals surface area contributed by atoms with Crippen molar-refractivity contribution < 1.29 is 4.74 Å². The van der Waals surface area contributed by atoms with Crippen molar-refractivity contribution in [2.45, 2.75) is 154 Å². The van der Waals surface area contributed by atoms with E-state index >= 15 is 0 Å². The average Bonchev–Trinajstić information content (AvgIpc) is 3.63. The van der Waals surface area contributed by atoms with Gasteiger partial charge < -0.3 is 4.74 Å². The molecule has 1 saturated heterocycles. The van der Waals surface area contributed by atoms with Crippen molar-refractivity contribution in [2.75, 3.05) is 19.9 Å². The molecule has 0 bridgehead atoms. The van der Waals surface area contributed by atoms with Crippen molar-refractivity contribution in [3.05, 3.63) is 0 Å². The number of hydrogen-bond donors (Lipinski definition) is 1. The highest BCUT2D eigenvalue weighted by molar-refractivity contribution is 4.51. The zero-order valence-electron chi connectivity index (χ0n) is 22.8. The molecule has 2 heteroatoms. The van der Waals surface area contributed by atoms with Gasteiger partial charge in [-0.3, -0.25) is 5.32 Å². The van der Waals surface area contributed by atoms with Crippen LogP contribution in [-0.2, 0) is 4.74 Å². The minimum absolute atomic E-state index is 0.750. The zero-order chi connectivity index (χ0) is 23.3. The van der Waals surface area contributed by atoms with E-state index in [4.69, 9.17) is 4.74 Å². The molecule has 2 saturated carbocycles. The molecule has 0 atom stereocenters. The summed E-state index contributed by atoms with van der Waals surface area (Å²) in [6.07, 6.45) is 16.5. The van der Waals surface area contributed by atoms with Crippen molar-refractivity contribution in [1.29, 1.82) is 0 Å². The third kappa shape index (κ3) is 63.5. The molecular formula is C26H65NO. The van der Waals surface area contributed by atoms with Gasteiger partial charge in [-0.1, -0.05) is 154 Å². The van der Waals surface area contributed by atoms with E-state index in [1.165, 1.54) is 70.6 Å². The maximum Gasteiger partial charge on any atom is 0.0966 e. The molecule has 0 amide bonds. The van der Waals surface area contributed by atoms with Crippen LogP contribution in [0.5, 0.6) is 0 Å². The SMILES string of the molecule is C1CCCC1.C1CCCCC1.C1COCN1.CC.CC.CC.CC.CC.CC. The van der Waals surface area contributed by atoms with Gasteiger partial charge in [-0.15, -0.1) is 0 Å². The average molecular weight is 408 g/mol. The van der Waals surface area contributed by atoms with Crippen molar-refractivity contribution in [3.8, 4) is 0 Å². The molecule has 0 spiro atoms. The summed E-state index contributed by atoms with van der Waals surface area (Å²) in [7, 11) is 0. The van der Waals surface area contributed by atoms with Crippen LogP contribution in [0.15, 0.2) is 0 Å². The summed E-state index contributed by atoms with van der Waals surface area (Å²) in [5.41, 5.74) is 0. The molecule has 0 aromatic heterocycles. The van der Waals surface area contributed by atoms with E-state index in [-0.39, 0.29) is 0 Å². The Bertz CT molecular complexity index is 91.7. The summed E-state index contributed by atoms with van der Waals surface area (Å²) in [5.74, 6) is 0. The minimum atomic E-state index is 0.750. The molecule has 2 aliphatic carbocycles. The van der Waals surface area contributed by atoms with Gasteiger partial charge in [0.1, 0.15) is 0 Å². The van der Waals surface area contributed by atoms with Gasteiger partial charge in [0.05, 0.1) is 13.3 Å². The molecule has 28 heavy (non-hydrogen) atoms. The number of hydrogen-bond acceptors (Lipinski definition) is 2. The van der Waals surface area contributed by atoms with Crippen LogP contribution in [0.1, 0.15) is 154 Å². The normalized spacial score (nSPS) is 15.0. The molecule has 1 heterocycles. The Morgan fingerprint density at radius 3 is 0.679 bits per heavy atom. The van der Waals surface area contributed by atoms with Gasteiger partial charge in [0.2, 0.25) is 0 Å². The van der Waals surface area contributed by atoms with Gasteiger partial charge in [-0.2, -0.15) is 0 Å². The fourth-order valence-corrected chi connectivity index (χ4v) is 2.31. The summed E-state index contributed by atoms with van der Waals surface area (Å²) < 4.78 is 4.83. The first kappa shape index (κ1) is 42.1. The van der Waals surface area contributed by atoms with Crippen molar-refractivity contribution in [3.63, 3.8) is 0 Å². The van der Waals surface area contributed by atoms with Gasteiger partial charge in [-0.25, -0.2) is 0 Å². The fourth-order valence-electron chi connectivity index (χ4n) is 2.31. The smallest absolute Gasteiger partial charge is 0.0966 e. The van der Waals surface area contributed by atoms with Crippen LogP contribution >= 0.6 is 0 Å². The monoisotopic (exact) mass is 408 g/mol. The topological polar surface area (TPSA) is 21.3 Å². The first-order valence-corrected chi connectivity index (χ1v) is 13.3. The predicted molar refractivity (Wildman–Crippen MR) is 138 cm³/mol. The molecule has 3 fully saturated rings. The maximum absolute atomic E-state index is 4.83. The summed E-state index contributed by atoms with van der Waals surface area (Å²) >= 11 is 0. The second-order valence-electron chi connectivity index (χ2n) is 4.94. The fraction of sp³-hybridized carbons (Fsp3) is 1.00. The quantitative estimate of drug-likeness (QED) is 0.431. The van der Waals surface area contributed by atoms with Crippen LogP contribution in [-0.4, -0.2) is 19.9 Å². The molecule has 0 radical (unpaired) electrons. The van der Waals surface area contributed by atoms with Gasteiger partial charge in [0, 0.05) is 6.54 Å². The van der Waals surface area contributed by atoms with Crippen molar-refractivity contribution in [2.24, 2.45) is 0 Å². The first-order valence-electron chi connectivity index (χ1n) is 13.3. The van der Waals surface area contributed by atoms with Crippen LogP contribution in [0, 0.1) is 0 Å². The highest BCUT2D eigenvalue weighted by Crippen LogP contribution is 2.15. The molecule has 1 N–H and O–H groups in total. The third-order valence-corrected chi connectivity index (χ3v) is 3.38. The highest BCUT2D eigenvalue weighted by Gasteiger charge is 1.96. The van der Waals surface area contributed by atoms with Crippen molar-refractivity contribution in [1.82, 2.24) is 5.32 Å². The lowest BCUT2D eigenvalue weighted by molar-refractivity contribution is 0.194. The van der Waals surface area contributed by atoms with Crippen LogP contribution in [0.4, 0.5) is 0 Å². The van der Waals surface area contributed by atoms with Gasteiger partial charge in [0.25, 0.3) is 0 Å². The van der Waals surface area contributed by atoms with E-state index in [0.717, 1.165) is 19.9 Å². The first-order chi connectivity index (χ1) is 14.0. The second-order valence-corrected chi connectivity index (χ2v) is 4.94. The molecular weight excluding hydrogens is 342 g/mol. The van der Waals surface area contributed by atoms with E-state index in [1.807, 2.05) is 83.1 Å². The Morgan fingerprint density at radius 2 is 0.607 bits per heavy atom. The minimum Gasteiger partial charge on any atom is -0.365 e. The van der Waals surface area contributed by atoms with E-state index in [2.05, 4.69) is 5.32 Å². The Labute approximate surface area is 184 Å². The highest BCUT2D eigenvalue weighted by atomic mass is 16.5. The lowest BCUT2D eigenvalue weighted by Gasteiger charge is -2.05. The summed E-state index contributed by atoms with van der Waals surface area (Å²) in [6.45, 7) is 26.7. The molecule has 0 aromatic rings. The van der Waals surface area contributed by atoms with E-state index in [9.17, 15) is 0 Å². The Morgan fingerprint density at radius 1 is 0.393 bits per heavy atom. The Kier molecular flexibility index (Phi) is 107. The third-order valence-electron chi connectivity index (χ3n) is 3.38. The molecule has 180 valence electrons. The summed E-state index contributed by atoms with van der Waals surface area (Å²) in [5, 5.41) is 3.00. The molecule has 1 aliphatic heterocycles. The summed E-state index contributed by atoms with van der Waals surface area (Å²) in [4.78, 5) is 0. The van der Waals surface area contributed by atoms with Gasteiger partial charge in [0.15, 0.2) is 0 Å². The van der Waals surface area contributed by atoms with Gasteiger partial charge in [-0.05, 0) is 0 Å². The molecule has 2 nitrogen and oxygen atoms in total.